The maximum Gasteiger partial charge on any atom is 0.254 e. The number of nitrogens with one attached hydrogen (secondary N) is 1. The van der Waals surface area contributed by atoms with Crippen LogP contribution in [0.5, 0.6) is 0 Å². The third kappa shape index (κ3) is 2.34. The summed E-state index contributed by atoms with van der Waals surface area (Å²) in [6.45, 7) is 3.48. The van der Waals surface area contributed by atoms with Crippen LogP contribution in [0.25, 0.3) is 11.0 Å². The Kier molecular flexibility index (Phi) is 3.31. The van der Waals surface area contributed by atoms with Gasteiger partial charge in [0.2, 0.25) is 5.95 Å². The van der Waals surface area contributed by atoms with Crippen LogP contribution >= 0.6 is 0 Å². The lowest BCUT2D eigenvalue weighted by molar-refractivity contribution is 0.320. The minimum atomic E-state index is -0.00692. The van der Waals surface area contributed by atoms with E-state index >= 15 is 0 Å². The summed E-state index contributed by atoms with van der Waals surface area (Å²) < 4.78 is 1.72. The van der Waals surface area contributed by atoms with E-state index in [0.717, 1.165) is 61.1 Å². The first-order valence-corrected chi connectivity index (χ1v) is 9.27. The fourth-order valence-electron chi connectivity index (χ4n) is 4.56. The lowest BCUT2D eigenvalue weighted by Gasteiger charge is -2.39. The molecule has 0 aromatic carbocycles. The van der Waals surface area contributed by atoms with E-state index in [0.29, 0.717) is 17.6 Å². The molecule has 0 bridgehead atoms. The number of rotatable bonds is 1. The van der Waals surface area contributed by atoms with Crippen LogP contribution in [0.15, 0.2) is 11.0 Å². The Morgan fingerprint density at radius 2 is 1.96 bits per heavy atom. The highest BCUT2D eigenvalue weighted by Crippen LogP contribution is 2.44. The van der Waals surface area contributed by atoms with Gasteiger partial charge in [-0.1, -0.05) is 0 Å². The van der Waals surface area contributed by atoms with Gasteiger partial charge in [-0.05, 0) is 32.6 Å². The van der Waals surface area contributed by atoms with Gasteiger partial charge in [0.25, 0.3) is 5.56 Å². The first-order chi connectivity index (χ1) is 13.0. The molecular formula is C18H22N8O. The molecule has 0 saturated carbocycles. The van der Waals surface area contributed by atoms with Gasteiger partial charge in [0.1, 0.15) is 11.6 Å². The molecule has 1 saturated heterocycles. The molecule has 1 spiro atoms. The number of hydrogen-bond donors (Lipinski definition) is 2. The van der Waals surface area contributed by atoms with Crippen molar-refractivity contribution in [1.29, 1.82) is 0 Å². The van der Waals surface area contributed by atoms with Gasteiger partial charge in [-0.2, -0.15) is 15.1 Å². The van der Waals surface area contributed by atoms with Gasteiger partial charge in [0.15, 0.2) is 5.65 Å². The summed E-state index contributed by atoms with van der Waals surface area (Å²) in [5.74, 6) is 1.80. The fraction of sp³-hybridized carbons (Fsp3) is 0.500. The normalized spacial score (nSPS) is 18.4. The molecule has 2 aliphatic rings. The average molecular weight is 366 g/mol. The summed E-state index contributed by atoms with van der Waals surface area (Å²) in [4.78, 5) is 31.1. The van der Waals surface area contributed by atoms with Gasteiger partial charge < -0.3 is 15.6 Å². The Balaban J connectivity index is 1.45. The van der Waals surface area contributed by atoms with Crippen molar-refractivity contribution >= 4 is 22.8 Å². The van der Waals surface area contributed by atoms with Crippen LogP contribution in [0.4, 0.5) is 11.8 Å². The molecule has 27 heavy (non-hydrogen) atoms. The molecule has 9 nitrogen and oxygen atoms in total. The van der Waals surface area contributed by atoms with Crippen molar-refractivity contribution < 1.29 is 0 Å². The number of fused-ring (bicyclic) bond motifs is 3. The highest BCUT2D eigenvalue weighted by Gasteiger charge is 2.44. The van der Waals surface area contributed by atoms with Gasteiger partial charge >= 0.3 is 0 Å². The van der Waals surface area contributed by atoms with Crippen molar-refractivity contribution in [2.24, 2.45) is 7.05 Å². The van der Waals surface area contributed by atoms with Gasteiger partial charge in [-0.3, -0.25) is 9.48 Å². The van der Waals surface area contributed by atoms with E-state index in [2.05, 4.69) is 25.0 Å². The zero-order chi connectivity index (χ0) is 18.8. The summed E-state index contributed by atoms with van der Waals surface area (Å²) in [6, 6.07) is 0. The monoisotopic (exact) mass is 366 g/mol. The van der Waals surface area contributed by atoms with Crippen molar-refractivity contribution in [3.05, 3.63) is 33.6 Å². The zero-order valence-corrected chi connectivity index (χ0v) is 15.5. The van der Waals surface area contributed by atoms with Crippen molar-refractivity contribution in [2.45, 2.75) is 38.0 Å². The molecule has 3 aromatic heterocycles. The lowest BCUT2D eigenvalue weighted by Crippen LogP contribution is -2.43. The maximum atomic E-state index is 12.3. The Hall–Kier alpha value is -2.97. The number of H-pyrrole nitrogens is 1. The van der Waals surface area contributed by atoms with Crippen molar-refractivity contribution in [3.63, 3.8) is 0 Å². The molecule has 9 heteroatoms. The minimum Gasteiger partial charge on any atom is -0.383 e. The topological polar surface area (TPSA) is 119 Å². The van der Waals surface area contributed by atoms with Gasteiger partial charge in [-0.15, -0.1) is 0 Å². The molecule has 1 aliphatic heterocycles. The predicted octanol–water partition coefficient (Wildman–Crippen LogP) is 0.822. The molecule has 4 heterocycles. The van der Waals surface area contributed by atoms with Crippen molar-refractivity contribution in [3.8, 4) is 0 Å². The fourth-order valence-corrected chi connectivity index (χ4v) is 4.56. The van der Waals surface area contributed by atoms with Crippen molar-refractivity contribution in [2.75, 3.05) is 23.7 Å². The smallest absolute Gasteiger partial charge is 0.254 e. The van der Waals surface area contributed by atoms with Crippen LogP contribution < -0.4 is 16.2 Å². The Labute approximate surface area is 155 Å². The third-order valence-electron chi connectivity index (χ3n) is 6.10. The van der Waals surface area contributed by atoms with Gasteiger partial charge in [0.05, 0.1) is 17.3 Å². The van der Waals surface area contributed by atoms with E-state index in [1.165, 1.54) is 0 Å². The molecule has 140 valence electrons. The maximum absolute atomic E-state index is 12.3. The Morgan fingerprint density at radius 1 is 1.19 bits per heavy atom. The second-order valence-electron chi connectivity index (χ2n) is 7.66. The Morgan fingerprint density at radius 3 is 2.74 bits per heavy atom. The SMILES string of the molecule is Cc1nc2c(c(=O)[nH]1)CCC21CCN(c2nc(N)c3cnn(C)c3n2)CC1. The Bertz CT molecular complexity index is 1110. The van der Waals surface area contributed by atoms with E-state index in [1.807, 2.05) is 14.0 Å². The molecule has 5 rings (SSSR count). The first-order valence-electron chi connectivity index (χ1n) is 9.27. The molecule has 0 unspecified atom stereocenters. The van der Waals surface area contributed by atoms with Crippen LogP contribution in [-0.4, -0.2) is 42.8 Å². The van der Waals surface area contributed by atoms with E-state index in [-0.39, 0.29) is 11.0 Å². The van der Waals surface area contributed by atoms with Crippen LogP contribution in [0.1, 0.15) is 36.3 Å². The first kappa shape index (κ1) is 16.2. The molecule has 1 aliphatic carbocycles. The van der Waals surface area contributed by atoms with E-state index in [4.69, 9.17) is 10.7 Å². The van der Waals surface area contributed by atoms with E-state index in [9.17, 15) is 4.79 Å². The van der Waals surface area contributed by atoms with Crippen LogP contribution in [0.3, 0.4) is 0 Å². The number of nitrogens with zero attached hydrogens (tertiary/aromatic N) is 6. The number of aromatic nitrogens is 6. The number of aromatic amines is 1. The van der Waals surface area contributed by atoms with E-state index in [1.54, 1.807) is 10.9 Å². The quantitative estimate of drug-likeness (QED) is 0.654. The van der Waals surface area contributed by atoms with Crippen molar-refractivity contribution in [1.82, 2.24) is 29.7 Å². The lowest BCUT2D eigenvalue weighted by atomic mass is 9.76. The number of aryl methyl sites for hydroxylation is 2. The number of nitrogen functional groups attached to an aromatic ring is 1. The third-order valence-corrected chi connectivity index (χ3v) is 6.10. The van der Waals surface area contributed by atoms with Gasteiger partial charge in [0, 0.05) is 31.1 Å². The molecule has 3 aromatic rings. The molecule has 1 fully saturated rings. The van der Waals surface area contributed by atoms with Gasteiger partial charge in [-0.25, -0.2) is 4.98 Å². The summed E-state index contributed by atoms with van der Waals surface area (Å²) in [6.07, 6.45) is 5.35. The summed E-state index contributed by atoms with van der Waals surface area (Å²) in [5, 5.41) is 4.99. The second-order valence-corrected chi connectivity index (χ2v) is 7.66. The summed E-state index contributed by atoms with van der Waals surface area (Å²) in [7, 11) is 1.85. The summed E-state index contributed by atoms with van der Waals surface area (Å²) in [5.41, 5.74) is 8.74. The highest BCUT2D eigenvalue weighted by molar-refractivity contribution is 5.86. The number of nitrogens with two attached hydrogens (primary N) is 1. The molecule has 3 N–H and O–H groups in total. The largest absolute Gasteiger partial charge is 0.383 e. The summed E-state index contributed by atoms with van der Waals surface area (Å²) >= 11 is 0. The van der Waals surface area contributed by atoms with Crippen LogP contribution in [-0.2, 0) is 18.9 Å². The van der Waals surface area contributed by atoms with Crippen LogP contribution in [0, 0.1) is 6.92 Å². The molecule has 0 atom stereocenters. The zero-order valence-electron chi connectivity index (χ0n) is 15.5. The molecular weight excluding hydrogens is 344 g/mol. The standard InChI is InChI=1S/C18H22N8O/c1-10-21-13-11(16(27)22-10)3-4-18(13)5-7-26(8-6-18)17-23-14(19)12-9-20-25(2)15(12)24-17/h9H,3-8H2,1-2H3,(H2,19,23,24)(H,21,22,27). The average Bonchev–Trinajstić information content (AvgIpc) is 3.18. The molecule has 0 radical (unpaired) electrons. The highest BCUT2D eigenvalue weighted by atomic mass is 16.1. The number of piperidine rings is 1. The predicted molar refractivity (Wildman–Crippen MR) is 102 cm³/mol. The molecule has 0 amide bonds. The number of hydrogen-bond acceptors (Lipinski definition) is 7. The number of anilines is 2. The minimum absolute atomic E-state index is 0.00692. The van der Waals surface area contributed by atoms with E-state index < -0.39 is 0 Å². The van der Waals surface area contributed by atoms with Crippen LogP contribution in [0.2, 0.25) is 0 Å². The second kappa shape index (κ2) is 5.51.